The predicted octanol–water partition coefficient (Wildman–Crippen LogP) is 7.49. The van der Waals surface area contributed by atoms with Gasteiger partial charge >= 0.3 is 11.9 Å². The summed E-state index contributed by atoms with van der Waals surface area (Å²) in [5.41, 5.74) is 0.778. The van der Waals surface area contributed by atoms with E-state index in [1.807, 2.05) is 0 Å². The number of hydrogen-bond donors (Lipinski definition) is 3. The summed E-state index contributed by atoms with van der Waals surface area (Å²) in [5.74, 6) is 0.254. The Morgan fingerprint density at radius 1 is 0.915 bits per heavy atom. The van der Waals surface area contributed by atoms with E-state index in [-0.39, 0.29) is 45.9 Å². The van der Waals surface area contributed by atoms with Crippen LogP contribution in [0.2, 0.25) is 0 Å². The number of ketones is 1. The van der Waals surface area contributed by atoms with Crippen molar-refractivity contribution < 1.29 is 29.3 Å². The molecule has 0 aliphatic heterocycles. The maximum atomic E-state index is 13.9. The number of carboxylic acid groups (broad SMARTS) is 1. The van der Waals surface area contributed by atoms with Gasteiger partial charge in [0.25, 0.3) is 0 Å². The van der Waals surface area contributed by atoms with Crippen LogP contribution in [-0.2, 0) is 19.1 Å². The number of carbonyl (C=O) groups excluding carboxylic acids is 2. The number of carbonyl (C=O) groups is 3. The fraction of sp³-hybridized carbons (Fsp3) is 0.875. The third-order valence-electron chi connectivity index (χ3n) is 15.7. The van der Waals surface area contributed by atoms with Gasteiger partial charge in [0.2, 0.25) is 0 Å². The molecule has 5 fully saturated rings. The lowest BCUT2D eigenvalue weighted by atomic mass is 9.33. The molecule has 0 aromatic rings. The Morgan fingerprint density at radius 2 is 1.60 bits per heavy atom. The van der Waals surface area contributed by atoms with Crippen molar-refractivity contribution in [2.24, 2.45) is 56.2 Å². The van der Waals surface area contributed by atoms with Crippen LogP contribution < -0.4 is 5.32 Å². The second-order valence-electron chi connectivity index (χ2n) is 19.3. The lowest BCUT2D eigenvalue weighted by Crippen LogP contribution is -2.66. The number of aliphatic carboxylic acids is 1. The van der Waals surface area contributed by atoms with Crippen LogP contribution in [0.4, 0.5) is 0 Å². The molecule has 6 aliphatic carbocycles. The van der Waals surface area contributed by atoms with Gasteiger partial charge in [-0.05, 0) is 124 Å². The first-order valence-electron chi connectivity index (χ1n) is 18.9. The van der Waals surface area contributed by atoms with Gasteiger partial charge in [0.1, 0.15) is 6.10 Å². The molecule has 7 nitrogen and oxygen atoms in total. The zero-order chi connectivity index (χ0) is 34.5. The number of Topliss-reactive ketones (excluding diaryl/α,β-unsaturated/α-hetero) is 1. The monoisotopic (exact) mass is 653 g/mol. The van der Waals surface area contributed by atoms with Crippen molar-refractivity contribution in [3.8, 4) is 0 Å². The maximum Gasteiger partial charge on any atom is 0.309 e. The van der Waals surface area contributed by atoms with E-state index in [9.17, 15) is 24.6 Å². The number of rotatable bonds is 9. The second-order valence-corrected chi connectivity index (χ2v) is 19.3. The Hall–Kier alpha value is -1.73. The molecule has 0 saturated heterocycles. The number of ether oxygens (including phenoxy) is 1. The number of nitrogens with one attached hydrogen (secondary N) is 1. The van der Waals surface area contributed by atoms with Gasteiger partial charge in [-0.15, -0.1) is 0 Å². The highest BCUT2D eigenvalue weighted by molar-refractivity contribution is 6.00. The Labute approximate surface area is 283 Å². The third-order valence-corrected chi connectivity index (χ3v) is 15.7. The maximum absolute atomic E-state index is 13.9. The van der Waals surface area contributed by atoms with Crippen LogP contribution in [0.25, 0.3) is 0 Å². The molecule has 0 bridgehead atoms. The molecule has 6 rings (SSSR count). The molecule has 0 spiro atoms. The van der Waals surface area contributed by atoms with E-state index < -0.39 is 28.9 Å². The third kappa shape index (κ3) is 5.21. The van der Waals surface area contributed by atoms with Crippen LogP contribution in [0, 0.1) is 56.2 Å². The smallest absolute Gasteiger partial charge is 0.309 e. The molecule has 264 valence electrons. The van der Waals surface area contributed by atoms with E-state index in [0.29, 0.717) is 36.8 Å². The fourth-order valence-corrected chi connectivity index (χ4v) is 12.7. The summed E-state index contributed by atoms with van der Waals surface area (Å²) in [4.78, 5) is 38.6. The molecule has 6 aliphatic rings. The lowest BCUT2D eigenvalue weighted by molar-refractivity contribution is -0.235. The highest BCUT2D eigenvalue weighted by Gasteiger charge is 2.70. The van der Waals surface area contributed by atoms with Crippen molar-refractivity contribution in [2.75, 3.05) is 6.54 Å². The number of aliphatic hydroxyl groups excluding tert-OH is 1. The van der Waals surface area contributed by atoms with Crippen LogP contribution in [0.1, 0.15) is 139 Å². The summed E-state index contributed by atoms with van der Waals surface area (Å²) in [5, 5.41) is 25.1. The van der Waals surface area contributed by atoms with E-state index in [2.05, 4.69) is 53.8 Å². The molecule has 3 N–H and O–H groups in total. The molecule has 0 aromatic heterocycles. The molecule has 0 heterocycles. The van der Waals surface area contributed by atoms with Gasteiger partial charge in [-0.1, -0.05) is 54.0 Å². The lowest BCUT2D eigenvalue weighted by Gasteiger charge is -2.72. The predicted molar refractivity (Wildman–Crippen MR) is 182 cm³/mol. The number of allylic oxidation sites excluding steroid dienone is 1. The summed E-state index contributed by atoms with van der Waals surface area (Å²) in [6, 6.07) is 0.522. The molecule has 0 aromatic carbocycles. The van der Waals surface area contributed by atoms with Crippen LogP contribution in [-0.4, -0.2) is 52.7 Å². The van der Waals surface area contributed by atoms with Crippen molar-refractivity contribution >= 4 is 17.7 Å². The second kappa shape index (κ2) is 11.4. The summed E-state index contributed by atoms with van der Waals surface area (Å²) in [7, 11) is 0. The van der Waals surface area contributed by atoms with Crippen LogP contribution >= 0.6 is 0 Å². The number of carboxylic acids is 1. The fourth-order valence-electron chi connectivity index (χ4n) is 12.7. The van der Waals surface area contributed by atoms with Gasteiger partial charge in [0, 0.05) is 29.8 Å². The quantitative estimate of drug-likeness (QED) is 0.221. The van der Waals surface area contributed by atoms with E-state index in [1.165, 1.54) is 18.4 Å². The molecule has 7 heteroatoms. The van der Waals surface area contributed by atoms with E-state index in [0.717, 1.165) is 56.9 Å². The zero-order valence-electron chi connectivity index (χ0n) is 30.8. The van der Waals surface area contributed by atoms with Gasteiger partial charge < -0.3 is 20.3 Å². The number of esters is 1. The minimum Gasteiger partial charge on any atom is -0.481 e. The minimum absolute atomic E-state index is 0.0347. The first-order valence-corrected chi connectivity index (χ1v) is 18.9. The summed E-state index contributed by atoms with van der Waals surface area (Å²) in [6.45, 7) is 20.3. The van der Waals surface area contributed by atoms with Gasteiger partial charge in [-0.25, -0.2) is 0 Å². The standard InChI is InChI=1S/C40H63NO6/c1-23(2)32-26(42)20-40(29(43)22-41-24-10-11-24)19-18-38(8)25(33(32)40)12-13-28-37(7)16-15-30(47-31(44)21-35(3,4)34(45)46)36(5,6)27(37)14-17-39(28,38)9/h23-25,27-30,41,43H,10-22H2,1-9H3,(H,45,46)/t25-,27+,28-,29+,30+,37+,38-,39-,40+/m1/s1. The summed E-state index contributed by atoms with van der Waals surface area (Å²) in [6.07, 6.45) is 10.0. The number of hydrogen-bond acceptors (Lipinski definition) is 6. The number of fused-ring (bicyclic) bond motifs is 7. The normalized spacial score (nSPS) is 41.9. The first kappa shape index (κ1) is 35.1. The van der Waals surface area contributed by atoms with Crippen molar-refractivity contribution in [3.63, 3.8) is 0 Å². The molecular formula is C40H63NO6. The molecule has 47 heavy (non-hydrogen) atoms. The Balaban J connectivity index is 1.29. The van der Waals surface area contributed by atoms with E-state index in [4.69, 9.17) is 4.74 Å². The average Bonchev–Trinajstić information content (AvgIpc) is 3.74. The van der Waals surface area contributed by atoms with Crippen molar-refractivity contribution in [2.45, 2.75) is 158 Å². The van der Waals surface area contributed by atoms with Gasteiger partial charge in [-0.3, -0.25) is 14.4 Å². The van der Waals surface area contributed by atoms with Crippen LogP contribution in [0.5, 0.6) is 0 Å². The SMILES string of the molecule is CC(C)C1=C2[C@H]3CC[C@@H]4[C@@]5(C)CC[C@H](OC(=O)CC(C)(C)C(=O)O)C(C)(C)[C@@H]5CC[C@@]4(C)[C@]3(C)CC[C@@]2([C@@H](O)CNC2CC2)CC1=O. The van der Waals surface area contributed by atoms with Crippen molar-refractivity contribution in [3.05, 3.63) is 11.1 Å². The van der Waals surface area contributed by atoms with Crippen LogP contribution in [0.3, 0.4) is 0 Å². The van der Waals surface area contributed by atoms with Gasteiger partial charge in [0.15, 0.2) is 5.78 Å². The zero-order valence-corrected chi connectivity index (χ0v) is 30.8. The highest BCUT2D eigenvalue weighted by Crippen LogP contribution is 2.77. The summed E-state index contributed by atoms with van der Waals surface area (Å²) >= 11 is 0. The van der Waals surface area contributed by atoms with E-state index >= 15 is 0 Å². The number of aliphatic hydroxyl groups is 1. The van der Waals surface area contributed by atoms with E-state index in [1.54, 1.807) is 13.8 Å². The molecular weight excluding hydrogens is 590 g/mol. The largest absolute Gasteiger partial charge is 0.481 e. The summed E-state index contributed by atoms with van der Waals surface area (Å²) < 4.78 is 6.15. The van der Waals surface area contributed by atoms with Crippen molar-refractivity contribution in [1.82, 2.24) is 5.32 Å². The van der Waals surface area contributed by atoms with Crippen molar-refractivity contribution in [1.29, 1.82) is 0 Å². The molecule has 9 atom stereocenters. The topological polar surface area (TPSA) is 113 Å². The minimum atomic E-state index is -1.15. The Kier molecular flexibility index (Phi) is 8.52. The van der Waals surface area contributed by atoms with Crippen LogP contribution in [0.15, 0.2) is 11.1 Å². The average molecular weight is 654 g/mol. The molecule has 0 unspecified atom stereocenters. The van der Waals surface area contributed by atoms with Gasteiger partial charge in [0.05, 0.1) is 17.9 Å². The molecule has 5 saturated carbocycles. The van der Waals surface area contributed by atoms with Gasteiger partial charge in [-0.2, -0.15) is 0 Å². The highest BCUT2D eigenvalue weighted by atomic mass is 16.5. The molecule has 0 amide bonds. The Morgan fingerprint density at radius 3 is 2.21 bits per heavy atom. The Bertz CT molecular complexity index is 1340. The molecule has 0 radical (unpaired) electrons. The first-order chi connectivity index (χ1) is 21.7.